The molecule has 7 heteroatoms. The van der Waals surface area contributed by atoms with Crippen LogP contribution in [0.3, 0.4) is 0 Å². The monoisotopic (exact) mass is 373 g/mol. The highest BCUT2D eigenvalue weighted by Crippen LogP contribution is 2.32. The van der Waals surface area contributed by atoms with Crippen LogP contribution >= 0.6 is 22.9 Å². The van der Waals surface area contributed by atoms with Gasteiger partial charge >= 0.3 is 0 Å². The van der Waals surface area contributed by atoms with Gasteiger partial charge in [0.1, 0.15) is 16.3 Å². The summed E-state index contributed by atoms with van der Waals surface area (Å²) in [5, 5.41) is 5.80. The average molecular weight is 374 g/mol. The van der Waals surface area contributed by atoms with Crippen LogP contribution in [-0.2, 0) is 13.0 Å². The molecule has 3 aromatic rings. The standard InChI is InChI=1S/C18H16ClN3O2S/c1-10-17(25-11(2)20-10)18(23)22-8-7-15-14(9-22)16(21-24-15)12-3-5-13(19)6-4-12/h3-6H,7-9H2,1-2H3. The molecule has 0 aliphatic carbocycles. The maximum absolute atomic E-state index is 12.9. The number of carbonyl (C=O) groups excluding carboxylic acids is 1. The van der Waals surface area contributed by atoms with Crippen LogP contribution in [0.25, 0.3) is 11.3 Å². The number of benzene rings is 1. The highest BCUT2D eigenvalue weighted by molar-refractivity contribution is 7.13. The van der Waals surface area contributed by atoms with Crippen molar-refractivity contribution in [2.75, 3.05) is 6.54 Å². The molecule has 0 atom stereocenters. The lowest BCUT2D eigenvalue weighted by Gasteiger charge is -2.26. The van der Waals surface area contributed by atoms with Gasteiger partial charge in [-0.2, -0.15) is 0 Å². The number of carbonyl (C=O) groups is 1. The van der Waals surface area contributed by atoms with Crippen molar-refractivity contribution in [1.82, 2.24) is 15.0 Å². The second kappa shape index (κ2) is 6.28. The van der Waals surface area contributed by atoms with Gasteiger partial charge in [0.25, 0.3) is 5.91 Å². The van der Waals surface area contributed by atoms with Gasteiger partial charge in [0.15, 0.2) is 0 Å². The lowest BCUT2D eigenvalue weighted by molar-refractivity contribution is 0.0733. The van der Waals surface area contributed by atoms with Gasteiger partial charge in [0, 0.05) is 29.1 Å². The van der Waals surface area contributed by atoms with Gasteiger partial charge in [0.2, 0.25) is 0 Å². The predicted octanol–water partition coefficient (Wildman–Crippen LogP) is 4.27. The number of thiazole rings is 1. The summed E-state index contributed by atoms with van der Waals surface area (Å²) in [5.74, 6) is 0.878. The van der Waals surface area contributed by atoms with Gasteiger partial charge < -0.3 is 9.42 Å². The molecular weight excluding hydrogens is 358 g/mol. The number of nitrogens with zero attached hydrogens (tertiary/aromatic N) is 3. The summed E-state index contributed by atoms with van der Waals surface area (Å²) < 4.78 is 5.50. The number of amides is 1. The maximum atomic E-state index is 12.9. The summed E-state index contributed by atoms with van der Waals surface area (Å²) in [4.78, 5) is 19.8. The van der Waals surface area contributed by atoms with E-state index in [0.717, 1.165) is 33.3 Å². The summed E-state index contributed by atoms with van der Waals surface area (Å²) in [6.07, 6.45) is 0.665. The Bertz CT molecular complexity index is 946. The fourth-order valence-corrected chi connectivity index (χ4v) is 4.10. The number of aromatic nitrogens is 2. The van der Waals surface area contributed by atoms with Gasteiger partial charge in [-0.05, 0) is 26.0 Å². The number of aryl methyl sites for hydroxylation is 2. The number of rotatable bonds is 2. The van der Waals surface area contributed by atoms with E-state index in [2.05, 4.69) is 10.1 Å². The fourth-order valence-electron chi connectivity index (χ4n) is 3.09. The number of hydrogen-bond donors (Lipinski definition) is 0. The zero-order valence-electron chi connectivity index (χ0n) is 13.9. The van der Waals surface area contributed by atoms with E-state index in [1.165, 1.54) is 11.3 Å². The normalized spacial score (nSPS) is 13.8. The highest BCUT2D eigenvalue weighted by atomic mass is 35.5. The zero-order valence-corrected chi connectivity index (χ0v) is 15.4. The number of fused-ring (bicyclic) bond motifs is 1. The smallest absolute Gasteiger partial charge is 0.266 e. The van der Waals surface area contributed by atoms with Gasteiger partial charge in [-0.15, -0.1) is 11.3 Å². The van der Waals surface area contributed by atoms with Crippen molar-refractivity contribution in [3.8, 4) is 11.3 Å². The van der Waals surface area contributed by atoms with Crippen LogP contribution in [-0.4, -0.2) is 27.5 Å². The molecule has 1 aliphatic heterocycles. The number of hydrogen-bond acceptors (Lipinski definition) is 5. The summed E-state index contributed by atoms with van der Waals surface area (Å²) in [6, 6.07) is 7.48. The maximum Gasteiger partial charge on any atom is 0.266 e. The highest BCUT2D eigenvalue weighted by Gasteiger charge is 2.29. The topological polar surface area (TPSA) is 59.2 Å². The second-order valence-corrected chi connectivity index (χ2v) is 7.70. The van der Waals surface area contributed by atoms with E-state index in [1.54, 1.807) is 0 Å². The minimum Gasteiger partial charge on any atom is -0.360 e. The Labute approximate surface area is 154 Å². The predicted molar refractivity (Wildman–Crippen MR) is 97.0 cm³/mol. The van der Waals surface area contributed by atoms with E-state index >= 15 is 0 Å². The average Bonchev–Trinajstić information content (AvgIpc) is 3.17. The van der Waals surface area contributed by atoms with E-state index in [-0.39, 0.29) is 5.91 Å². The Hall–Kier alpha value is -2.18. The van der Waals surface area contributed by atoms with Gasteiger partial charge in [-0.25, -0.2) is 4.98 Å². The third-order valence-electron chi connectivity index (χ3n) is 4.33. The van der Waals surface area contributed by atoms with Gasteiger partial charge in [0.05, 0.1) is 17.2 Å². The van der Waals surface area contributed by atoms with Crippen LogP contribution in [0, 0.1) is 13.8 Å². The lowest BCUT2D eigenvalue weighted by atomic mass is 10.0. The molecular formula is C18H16ClN3O2S. The molecule has 0 unspecified atom stereocenters. The molecule has 0 radical (unpaired) electrons. The van der Waals surface area contributed by atoms with Crippen molar-refractivity contribution < 1.29 is 9.32 Å². The molecule has 0 N–H and O–H groups in total. The molecule has 4 rings (SSSR count). The molecule has 0 spiro atoms. The second-order valence-electron chi connectivity index (χ2n) is 6.06. The third-order valence-corrected chi connectivity index (χ3v) is 5.64. The summed E-state index contributed by atoms with van der Waals surface area (Å²) >= 11 is 7.41. The first-order valence-corrected chi connectivity index (χ1v) is 9.19. The molecule has 0 fully saturated rings. The van der Waals surface area contributed by atoms with E-state index in [4.69, 9.17) is 16.1 Å². The molecule has 0 bridgehead atoms. The quantitative estimate of drug-likeness (QED) is 0.673. The van der Waals surface area contributed by atoms with Crippen LogP contribution < -0.4 is 0 Å². The Morgan fingerprint density at radius 2 is 2.04 bits per heavy atom. The molecule has 5 nitrogen and oxygen atoms in total. The minimum atomic E-state index is 0.0250. The molecule has 2 aromatic heterocycles. The summed E-state index contributed by atoms with van der Waals surface area (Å²) in [7, 11) is 0. The van der Waals surface area contributed by atoms with Crippen LogP contribution in [0.15, 0.2) is 28.8 Å². The largest absolute Gasteiger partial charge is 0.360 e. The molecule has 1 amide bonds. The summed E-state index contributed by atoms with van der Waals surface area (Å²) in [5.41, 5.74) is 3.48. The third kappa shape index (κ3) is 2.96. The van der Waals surface area contributed by atoms with Crippen LogP contribution in [0.4, 0.5) is 0 Å². The van der Waals surface area contributed by atoms with Crippen molar-refractivity contribution in [3.63, 3.8) is 0 Å². The SMILES string of the molecule is Cc1nc(C)c(C(=O)N2CCc3onc(-c4ccc(Cl)cc4)c3C2)s1. The molecule has 1 aromatic carbocycles. The first-order valence-electron chi connectivity index (χ1n) is 7.99. The van der Waals surface area contributed by atoms with Crippen molar-refractivity contribution in [1.29, 1.82) is 0 Å². The van der Waals surface area contributed by atoms with E-state index < -0.39 is 0 Å². The zero-order chi connectivity index (χ0) is 17.6. The first-order chi connectivity index (χ1) is 12.0. The Morgan fingerprint density at radius 3 is 2.72 bits per heavy atom. The van der Waals surface area contributed by atoms with Crippen LogP contribution in [0.2, 0.25) is 5.02 Å². The van der Waals surface area contributed by atoms with E-state index in [0.29, 0.717) is 29.4 Å². The Kier molecular flexibility index (Phi) is 4.09. The van der Waals surface area contributed by atoms with Gasteiger partial charge in [-0.3, -0.25) is 4.79 Å². The van der Waals surface area contributed by atoms with Gasteiger partial charge in [-0.1, -0.05) is 28.9 Å². The molecule has 128 valence electrons. The van der Waals surface area contributed by atoms with E-state index in [1.807, 2.05) is 43.0 Å². The van der Waals surface area contributed by atoms with Crippen LogP contribution in [0.5, 0.6) is 0 Å². The summed E-state index contributed by atoms with van der Waals surface area (Å²) in [6.45, 7) is 4.91. The van der Waals surface area contributed by atoms with Crippen molar-refractivity contribution in [2.24, 2.45) is 0 Å². The van der Waals surface area contributed by atoms with Crippen LogP contribution in [0.1, 0.15) is 31.7 Å². The minimum absolute atomic E-state index is 0.0250. The Morgan fingerprint density at radius 1 is 1.28 bits per heavy atom. The Balaban J connectivity index is 1.64. The lowest BCUT2D eigenvalue weighted by Crippen LogP contribution is -2.35. The molecule has 1 aliphatic rings. The molecule has 3 heterocycles. The van der Waals surface area contributed by atoms with E-state index in [9.17, 15) is 4.79 Å². The molecule has 25 heavy (non-hydrogen) atoms. The van der Waals surface area contributed by atoms with Crippen molar-refractivity contribution in [3.05, 3.63) is 56.2 Å². The van der Waals surface area contributed by atoms with Crippen molar-refractivity contribution in [2.45, 2.75) is 26.8 Å². The molecule has 0 saturated carbocycles. The first kappa shape index (κ1) is 16.3. The molecule has 0 saturated heterocycles. The van der Waals surface area contributed by atoms with Crippen molar-refractivity contribution >= 4 is 28.8 Å². The number of halogens is 1. The fraction of sp³-hybridized carbons (Fsp3) is 0.278.